The standard InChI is InChI=1S/C15H15F2N3O/c1-20(9-10-3-2-4-12(18)7-10)15(21)19-14-6-5-11(16)8-13(14)17/h2-8H,9,18H2,1H3,(H,19,21). The SMILES string of the molecule is CN(Cc1cccc(N)c1)C(=O)Nc1ccc(F)cc1F. The number of carbonyl (C=O) groups is 1. The van der Waals surface area contributed by atoms with E-state index >= 15 is 0 Å². The maximum absolute atomic E-state index is 13.5. The predicted octanol–water partition coefficient (Wildman–Crippen LogP) is 3.21. The maximum Gasteiger partial charge on any atom is 0.321 e. The Balaban J connectivity index is 2.02. The van der Waals surface area contributed by atoms with Gasteiger partial charge in [-0.1, -0.05) is 12.1 Å². The number of amides is 2. The average Bonchev–Trinajstić information content (AvgIpc) is 2.41. The van der Waals surface area contributed by atoms with Crippen LogP contribution in [-0.2, 0) is 6.54 Å². The number of urea groups is 1. The number of nitrogens with one attached hydrogen (secondary N) is 1. The molecule has 0 spiro atoms. The van der Waals surface area contributed by atoms with Crippen LogP contribution >= 0.6 is 0 Å². The van der Waals surface area contributed by atoms with Crippen molar-refractivity contribution in [3.05, 3.63) is 59.7 Å². The van der Waals surface area contributed by atoms with E-state index in [2.05, 4.69) is 5.32 Å². The Kier molecular flexibility index (Phi) is 4.37. The van der Waals surface area contributed by atoms with Gasteiger partial charge in [-0.3, -0.25) is 0 Å². The highest BCUT2D eigenvalue weighted by atomic mass is 19.1. The van der Waals surface area contributed by atoms with Crippen molar-refractivity contribution in [1.82, 2.24) is 4.90 Å². The highest BCUT2D eigenvalue weighted by Gasteiger charge is 2.12. The molecule has 0 unspecified atom stereocenters. The molecule has 0 aromatic heterocycles. The van der Waals surface area contributed by atoms with Gasteiger partial charge < -0.3 is 16.0 Å². The summed E-state index contributed by atoms with van der Waals surface area (Å²) in [6.07, 6.45) is 0. The normalized spacial score (nSPS) is 10.2. The molecule has 0 saturated heterocycles. The Hall–Kier alpha value is -2.63. The topological polar surface area (TPSA) is 58.4 Å². The number of benzene rings is 2. The van der Waals surface area contributed by atoms with E-state index in [1.54, 1.807) is 25.2 Å². The van der Waals surface area contributed by atoms with Gasteiger partial charge in [0.1, 0.15) is 11.6 Å². The summed E-state index contributed by atoms with van der Waals surface area (Å²) in [5.41, 5.74) is 7.05. The first kappa shape index (κ1) is 14.8. The van der Waals surface area contributed by atoms with Gasteiger partial charge in [-0.15, -0.1) is 0 Å². The second-order valence-electron chi connectivity index (χ2n) is 4.66. The average molecular weight is 291 g/mol. The first-order valence-corrected chi connectivity index (χ1v) is 6.27. The van der Waals surface area contributed by atoms with Gasteiger partial charge >= 0.3 is 6.03 Å². The van der Waals surface area contributed by atoms with Gasteiger partial charge in [0.2, 0.25) is 0 Å². The minimum Gasteiger partial charge on any atom is -0.399 e. The summed E-state index contributed by atoms with van der Waals surface area (Å²) in [5.74, 6) is -1.51. The third-order valence-electron chi connectivity index (χ3n) is 2.89. The predicted molar refractivity (Wildman–Crippen MR) is 77.7 cm³/mol. The van der Waals surface area contributed by atoms with E-state index in [1.165, 1.54) is 11.0 Å². The first-order valence-electron chi connectivity index (χ1n) is 6.27. The zero-order valence-corrected chi connectivity index (χ0v) is 11.4. The largest absolute Gasteiger partial charge is 0.399 e. The van der Waals surface area contributed by atoms with Crippen molar-refractivity contribution in [3.8, 4) is 0 Å². The Labute approximate surface area is 121 Å². The number of halogens is 2. The molecule has 0 aliphatic heterocycles. The van der Waals surface area contributed by atoms with Gasteiger partial charge in [0.25, 0.3) is 0 Å². The van der Waals surface area contributed by atoms with Crippen molar-refractivity contribution in [2.75, 3.05) is 18.1 Å². The van der Waals surface area contributed by atoms with Crippen LogP contribution in [0.25, 0.3) is 0 Å². The molecule has 2 rings (SSSR count). The molecule has 2 aromatic carbocycles. The summed E-state index contributed by atoms with van der Waals surface area (Å²) in [6, 6.07) is 9.60. The van der Waals surface area contributed by atoms with Gasteiger partial charge in [0.15, 0.2) is 0 Å². The summed E-state index contributed by atoms with van der Waals surface area (Å²) < 4.78 is 26.3. The quantitative estimate of drug-likeness (QED) is 0.853. The van der Waals surface area contributed by atoms with Crippen molar-refractivity contribution in [2.24, 2.45) is 0 Å². The number of nitrogen functional groups attached to an aromatic ring is 1. The van der Waals surface area contributed by atoms with Crippen LogP contribution in [0.15, 0.2) is 42.5 Å². The Morgan fingerprint density at radius 1 is 1.24 bits per heavy atom. The van der Waals surface area contributed by atoms with Crippen molar-refractivity contribution >= 4 is 17.4 Å². The van der Waals surface area contributed by atoms with E-state index in [1.807, 2.05) is 6.07 Å². The summed E-state index contributed by atoms with van der Waals surface area (Å²) in [4.78, 5) is 13.3. The fourth-order valence-electron chi connectivity index (χ4n) is 1.84. The molecule has 0 aliphatic rings. The fourth-order valence-corrected chi connectivity index (χ4v) is 1.84. The molecule has 0 bridgehead atoms. The van der Waals surface area contributed by atoms with E-state index in [9.17, 15) is 13.6 Å². The Bertz CT molecular complexity index is 661. The van der Waals surface area contributed by atoms with E-state index < -0.39 is 17.7 Å². The van der Waals surface area contributed by atoms with Crippen LogP contribution in [0.3, 0.4) is 0 Å². The highest BCUT2D eigenvalue weighted by molar-refractivity contribution is 5.89. The van der Waals surface area contributed by atoms with Gasteiger partial charge in [-0.05, 0) is 29.8 Å². The van der Waals surface area contributed by atoms with Gasteiger partial charge in [-0.2, -0.15) is 0 Å². The number of nitrogens with zero attached hydrogens (tertiary/aromatic N) is 1. The van der Waals surface area contributed by atoms with E-state index in [0.29, 0.717) is 18.3 Å². The zero-order valence-electron chi connectivity index (χ0n) is 11.4. The number of rotatable bonds is 3. The molecule has 2 amide bonds. The van der Waals surface area contributed by atoms with Crippen LogP contribution < -0.4 is 11.1 Å². The molecule has 6 heteroatoms. The lowest BCUT2D eigenvalue weighted by molar-refractivity contribution is 0.220. The lowest BCUT2D eigenvalue weighted by Crippen LogP contribution is -2.31. The molecular formula is C15H15F2N3O. The number of nitrogens with two attached hydrogens (primary N) is 1. The van der Waals surface area contributed by atoms with Crippen molar-refractivity contribution in [2.45, 2.75) is 6.54 Å². The third-order valence-corrected chi connectivity index (χ3v) is 2.89. The highest BCUT2D eigenvalue weighted by Crippen LogP contribution is 2.16. The third kappa shape index (κ3) is 3.92. The fraction of sp³-hybridized carbons (Fsp3) is 0.133. The molecule has 110 valence electrons. The van der Waals surface area contributed by atoms with Gasteiger partial charge in [0, 0.05) is 25.3 Å². The van der Waals surface area contributed by atoms with E-state index in [0.717, 1.165) is 11.6 Å². The second kappa shape index (κ2) is 6.21. The zero-order chi connectivity index (χ0) is 15.4. The molecule has 21 heavy (non-hydrogen) atoms. The molecule has 0 aliphatic carbocycles. The second-order valence-corrected chi connectivity index (χ2v) is 4.66. The van der Waals surface area contributed by atoms with Crippen LogP contribution in [0.1, 0.15) is 5.56 Å². The maximum atomic E-state index is 13.5. The summed E-state index contributed by atoms with van der Waals surface area (Å²) in [7, 11) is 1.57. The van der Waals surface area contributed by atoms with Crippen molar-refractivity contribution in [1.29, 1.82) is 0 Å². The molecule has 4 nitrogen and oxygen atoms in total. The van der Waals surface area contributed by atoms with E-state index in [4.69, 9.17) is 5.73 Å². The minimum atomic E-state index is -0.819. The van der Waals surface area contributed by atoms with Crippen LogP contribution in [0, 0.1) is 11.6 Å². The molecule has 0 atom stereocenters. The molecule has 2 aromatic rings. The number of hydrogen-bond acceptors (Lipinski definition) is 2. The molecule has 0 radical (unpaired) electrons. The lowest BCUT2D eigenvalue weighted by atomic mass is 10.2. The number of carbonyl (C=O) groups excluding carboxylic acids is 1. The van der Waals surface area contributed by atoms with Gasteiger partial charge in [-0.25, -0.2) is 13.6 Å². The summed E-state index contributed by atoms with van der Waals surface area (Å²) >= 11 is 0. The van der Waals surface area contributed by atoms with Crippen LogP contribution in [0.4, 0.5) is 25.0 Å². The molecule has 3 N–H and O–H groups in total. The summed E-state index contributed by atoms with van der Waals surface area (Å²) in [5, 5.41) is 2.39. The molecule has 0 heterocycles. The molecular weight excluding hydrogens is 276 g/mol. The minimum absolute atomic E-state index is 0.0687. The van der Waals surface area contributed by atoms with Crippen LogP contribution in [0.2, 0.25) is 0 Å². The number of hydrogen-bond donors (Lipinski definition) is 2. The van der Waals surface area contributed by atoms with Crippen molar-refractivity contribution in [3.63, 3.8) is 0 Å². The van der Waals surface area contributed by atoms with Crippen LogP contribution in [-0.4, -0.2) is 18.0 Å². The first-order chi connectivity index (χ1) is 9.95. The van der Waals surface area contributed by atoms with Crippen LogP contribution in [0.5, 0.6) is 0 Å². The molecule has 0 saturated carbocycles. The Morgan fingerprint density at radius 2 is 2.00 bits per heavy atom. The number of anilines is 2. The van der Waals surface area contributed by atoms with Crippen molar-refractivity contribution < 1.29 is 13.6 Å². The van der Waals surface area contributed by atoms with Gasteiger partial charge in [0.05, 0.1) is 5.69 Å². The summed E-state index contributed by atoms with van der Waals surface area (Å²) in [6.45, 7) is 0.319. The van der Waals surface area contributed by atoms with E-state index in [-0.39, 0.29) is 5.69 Å². The lowest BCUT2D eigenvalue weighted by Gasteiger charge is -2.18. The molecule has 0 fully saturated rings. The smallest absolute Gasteiger partial charge is 0.321 e. The monoisotopic (exact) mass is 291 g/mol. The Morgan fingerprint density at radius 3 is 2.67 bits per heavy atom.